The van der Waals surface area contributed by atoms with Gasteiger partial charge in [-0.05, 0) is 33.6 Å². The zero-order valence-electron chi connectivity index (χ0n) is 11.5. The molecule has 1 rings (SSSR count). The molecule has 1 aliphatic heterocycles. The molecule has 1 atom stereocenters. The second-order valence-electron chi connectivity index (χ2n) is 5.69. The number of amides is 1. The number of carbonyl (C=O) groups excluding carboxylic acids is 1. The molecule has 1 heterocycles. The van der Waals surface area contributed by atoms with Gasteiger partial charge in [0.25, 0.3) is 0 Å². The van der Waals surface area contributed by atoms with Crippen molar-refractivity contribution in [3.63, 3.8) is 0 Å². The summed E-state index contributed by atoms with van der Waals surface area (Å²) in [6.07, 6.45) is -3.33. The first kappa shape index (κ1) is 16.1. The Morgan fingerprint density at radius 3 is 2.47 bits per heavy atom. The van der Waals surface area contributed by atoms with E-state index in [1.165, 1.54) is 0 Å². The fraction of sp³-hybridized carbons (Fsp3) is 0.917. The third kappa shape index (κ3) is 5.67. The van der Waals surface area contributed by atoms with Crippen LogP contribution in [0.15, 0.2) is 0 Å². The normalized spacial score (nSPS) is 22.1. The van der Waals surface area contributed by atoms with E-state index < -0.39 is 24.0 Å². The SMILES string of the molecule is CC(C)(C)OC(=O)NC[C@@H]1CCCCN1C(F)(F)F. The highest BCUT2D eigenvalue weighted by Crippen LogP contribution is 2.29. The standard InChI is InChI=1S/C12H21F3N2O2/c1-11(2,3)19-10(18)16-8-9-6-4-5-7-17(9)12(13,14)15/h9H,4-8H2,1-3H3,(H,16,18)/t9-/m0/s1. The fourth-order valence-corrected chi connectivity index (χ4v) is 2.06. The number of halogens is 3. The summed E-state index contributed by atoms with van der Waals surface area (Å²) in [5.74, 6) is 0. The number of carbonyl (C=O) groups is 1. The minimum atomic E-state index is -4.35. The molecule has 1 N–H and O–H groups in total. The van der Waals surface area contributed by atoms with Crippen molar-refractivity contribution in [2.75, 3.05) is 13.1 Å². The van der Waals surface area contributed by atoms with Gasteiger partial charge in [0.2, 0.25) is 0 Å². The van der Waals surface area contributed by atoms with Crippen molar-refractivity contribution in [1.82, 2.24) is 10.2 Å². The lowest BCUT2D eigenvalue weighted by atomic mass is 10.0. The molecular weight excluding hydrogens is 261 g/mol. The number of alkyl carbamates (subject to hydrolysis) is 1. The molecule has 0 aromatic heterocycles. The van der Waals surface area contributed by atoms with Crippen LogP contribution in [-0.2, 0) is 4.74 Å². The number of nitrogens with zero attached hydrogens (tertiary/aromatic N) is 1. The van der Waals surface area contributed by atoms with Crippen LogP contribution in [0.4, 0.5) is 18.0 Å². The molecule has 0 aliphatic carbocycles. The number of rotatable bonds is 2. The van der Waals surface area contributed by atoms with Crippen molar-refractivity contribution >= 4 is 6.09 Å². The Kier molecular flexibility index (Phi) is 5.06. The number of alkyl halides is 3. The number of ether oxygens (including phenoxy) is 1. The number of piperidine rings is 1. The molecule has 1 aliphatic rings. The van der Waals surface area contributed by atoms with E-state index in [2.05, 4.69) is 5.32 Å². The van der Waals surface area contributed by atoms with Crippen molar-refractivity contribution in [1.29, 1.82) is 0 Å². The average molecular weight is 282 g/mol. The third-order valence-electron chi connectivity index (χ3n) is 2.83. The van der Waals surface area contributed by atoms with Crippen LogP contribution >= 0.6 is 0 Å². The van der Waals surface area contributed by atoms with Crippen molar-refractivity contribution in [3.8, 4) is 0 Å². The first-order chi connectivity index (χ1) is 8.59. The largest absolute Gasteiger partial charge is 0.460 e. The summed E-state index contributed by atoms with van der Waals surface area (Å²) in [5.41, 5.74) is -0.652. The van der Waals surface area contributed by atoms with Crippen LogP contribution in [0, 0.1) is 0 Å². The summed E-state index contributed by atoms with van der Waals surface area (Å²) in [4.78, 5) is 11.9. The number of hydrogen-bond donors (Lipinski definition) is 1. The van der Waals surface area contributed by atoms with Crippen LogP contribution in [-0.4, -0.2) is 42.0 Å². The van der Waals surface area contributed by atoms with Gasteiger partial charge >= 0.3 is 12.4 Å². The lowest BCUT2D eigenvalue weighted by molar-refractivity contribution is -0.263. The number of hydrogen-bond acceptors (Lipinski definition) is 3. The zero-order valence-corrected chi connectivity index (χ0v) is 11.5. The van der Waals surface area contributed by atoms with Gasteiger partial charge in [0.1, 0.15) is 5.60 Å². The topological polar surface area (TPSA) is 41.6 Å². The molecule has 1 amide bonds. The summed E-state index contributed by atoms with van der Waals surface area (Å²) < 4.78 is 43.3. The first-order valence-electron chi connectivity index (χ1n) is 6.40. The highest BCUT2D eigenvalue weighted by molar-refractivity contribution is 5.67. The van der Waals surface area contributed by atoms with E-state index in [0.29, 0.717) is 17.7 Å². The van der Waals surface area contributed by atoms with Gasteiger partial charge < -0.3 is 10.1 Å². The second kappa shape index (κ2) is 5.98. The molecule has 112 valence electrons. The molecule has 0 bridgehead atoms. The van der Waals surface area contributed by atoms with Gasteiger partial charge in [0.15, 0.2) is 0 Å². The lowest BCUT2D eigenvalue weighted by Crippen LogP contribution is -2.53. The van der Waals surface area contributed by atoms with Gasteiger partial charge in [0, 0.05) is 19.1 Å². The Bertz CT molecular complexity index is 313. The Balaban J connectivity index is 2.48. The van der Waals surface area contributed by atoms with Gasteiger partial charge in [-0.25, -0.2) is 9.69 Å². The van der Waals surface area contributed by atoms with Gasteiger partial charge in [-0.2, -0.15) is 13.2 Å². The fourth-order valence-electron chi connectivity index (χ4n) is 2.06. The van der Waals surface area contributed by atoms with E-state index >= 15 is 0 Å². The molecule has 0 saturated carbocycles. The van der Waals surface area contributed by atoms with Crippen LogP contribution < -0.4 is 5.32 Å². The molecule has 1 saturated heterocycles. The van der Waals surface area contributed by atoms with Crippen molar-refractivity contribution in [2.24, 2.45) is 0 Å². The van der Waals surface area contributed by atoms with E-state index in [4.69, 9.17) is 4.74 Å². The highest BCUT2D eigenvalue weighted by Gasteiger charge is 2.42. The predicted molar refractivity (Wildman–Crippen MR) is 64.6 cm³/mol. The zero-order chi connectivity index (χ0) is 14.7. The Hall–Kier alpha value is -0.980. The van der Waals surface area contributed by atoms with Crippen LogP contribution in [0.2, 0.25) is 0 Å². The van der Waals surface area contributed by atoms with Crippen molar-refractivity contribution in [3.05, 3.63) is 0 Å². The lowest BCUT2D eigenvalue weighted by Gasteiger charge is -2.36. The van der Waals surface area contributed by atoms with Crippen molar-refractivity contribution in [2.45, 2.75) is 58.0 Å². The van der Waals surface area contributed by atoms with E-state index in [9.17, 15) is 18.0 Å². The molecule has 0 aromatic carbocycles. The Labute approximate surface area is 111 Å². The van der Waals surface area contributed by atoms with Gasteiger partial charge in [-0.15, -0.1) is 0 Å². The van der Waals surface area contributed by atoms with Gasteiger partial charge in [-0.3, -0.25) is 0 Å². The van der Waals surface area contributed by atoms with Crippen molar-refractivity contribution < 1.29 is 22.7 Å². The van der Waals surface area contributed by atoms with E-state index in [1.807, 2.05) is 0 Å². The smallest absolute Gasteiger partial charge is 0.444 e. The molecule has 0 spiro atoms. The molecule has 19 heavy (non-hydrogen) atoms. The predicted octanol–water partition coefficient (Wildman–Crippen LogP) is 2.89. The van der Waals surface area contributed by atoms with Crippen LogP contribution in [0.25, 0.3) is 0 Å². The third-order valence-corrected chi connectivity index (χ3v) is 2.83. The van der Waals surface area contributed by atoms with Crippen LogP contribution in [0.1, 0.15) is 40.0 Å². The minimum Gasteiger partial charge on any atom is -0.444 e. The van der Waals surface area contributed by atoms with Gasteiger partial charge in [-0.1, -0.05) is 6.42 Å². The summed E-state index contributed by atoms with van der Waals surface area (Å²) in [6.45, 7) is 5.05. The van der Waals surface area contributed by atoms with E-state index in [0.717, 1.165) is 6.42 Å². The second-order valence-corrected chi connectivity index (χ2v) is 5.69. The number of nitrogens with one attached hydrogen (secondary N) is 1. The maximum absolute atomic E-state index is 12.8. The summed E-state index contributed by atoms with van der Waals surface area (Å²) in [5, 5.41) is 2.41. The molecular formula is C12H21F3N2O2. The monoisotopic (exact) mass is 282 g/mol. The molecule has 0 radical (unpaired) electrons. The summed E-state index contributed by atoms with van der Waals surface area (Å²) in [7, 11) is 0. The minimum absolute atomic E-state index is 0.00976. The maximum Gasteiger partial charge on any atom is 0.460 e. The Morgan fingerprint density at radius 2 is 1.95 bits per heavy atom. The average Bonchev–Trinajstić information content (AvgIpc) is 2.23. The Morgan fingerprint density at radius 1 is 1.32 bits per heavy atom. The van der Waals surface area contributed by atoms with Crippen LogP contribution in [0.5, 0.6) is 0 Å². The first-order valence-corrected chi connectivity index (χ1v) is 6.40. The van der Waals surface area contributed by atoms with Crippen LogP contribution in [0.3, 0.4) is 0 Å². The molecule has 0 unspecified atom stereocenters. The molecule has 1 fully saturated rings. The summed E-state index contributed by atoms with van der Waals surface area (Å²) >= 11 is 0. The van der Waals surface area contributed by atoms with E-state index in [-0.39, 0.29) is 13.1 Å². The molecule has 7 heteroatoms. The quantitative estimate of drug-likeness (QED) is 0.792. The number of likely N-dealkylation sites (tertiary alicyclic amines) is 1. The van der Waals surface area contributed by atoms with Gasteiger partial charge in [0.05, 0.1) is 0 Å². The summed E-state index contributed by atoms with van der Waals surface area (Å²) in [6, 6.07) is -0.707. The molecule has 4 nitrogen and oxygen atoms in total. The highest BCUT2D eigenvalue weighted by atomic mass is 19.4. The van der Waals surface area contributed by atoms with E-state index in [1.54, 1.807) is 20.8 Å². The maximum atomic E-state index is 12.8. The molecule has 0 aromatic rings.